The number of aliphatic hydroxyl groups is 5. The quantitative estimate of drug-likeness (QED) is 0.0936. The molecule has 1 aliphatic rings. The van der Waals surface area contributed by atoms with Gasteiger partial charge in [-0.15, -0.1) is 0 Å². The molecule has 0 saturated carbocycles. The molecule has 1 fully saturated rings. The molecule has 6 atom stereocenters. The summed E-state index contributed by atoms with van der Waals surface area (Å²) in [4.78, 5) is 11.9. The highest BCUT2D eigenvalue weighted by molar-refractivity contribution is 5.69. The predicted molar refractivity (Wildman–Crippen MR) is 136 cm³/mol. The summed E-state index contributed by atoms with van der Waals surface area (Å²) in [5, 5.41) is 48.5. The average molecular weight is 517 g/mol. The molecule has 9 nitrogen and oxygen atoms in total. The minimum Gasteiger partial charge on any atom is -0.463 e. The first-order valence-electron chi connectivity index (χ1n) is 13.5. The van der Waals surface area contributed by atoms with Crippen LogP contribution in [0.25, 0.3) is 0 Å². The number of allylic oxidation sites excluding steroid dienone is 4. The maximum Gasteiger partial charge on any atom is 0.305 e. The molecule has 0 aromatic heterocycles. The van der Waals surface area contributed by atoms with Gasteiger partial charge in [0.05, 0.1) is 13.2 Å². The summed E-state index contributed by atoms with van der Waals surface area (Å²) < 4.78 is 15.5. The fraction of sp³-hybridized carbons (Fsp3) is 0.815. The van der Waals surface area contributed by atoms with Crippen LogP contribution in [-0.2, 0) is 19.0 Å². The molecular formula is C27H48O9. The van der Waals surface area contributed by atoms with E-state index in [2.05, 4.69) is 31.2 Å². The van der Waals surface area contributed by atoms with Gasteiger partial charge in [0.1, 0.15) is 37.1 Å². The van der Waals surface area contributed by atoms with E-state index in [9.17, 15) is 25.2 Å². The van der Waals surface area contributed by atoms with Gasteiger partial charge >= 0.3 is 5.97 Å². The molecule has 1 heterocycles. The fourth-order valence-corrected chi connectivity index (χ4v) is 3.80. The lowest BCUT2D eigenvalue weighted by Gasteiger charge is -2.39. The molecule has 0 aliphatic carbocycles. The van der Waals surface area contributed by atoms with Crippen LogP contribution in [0.3, 0.4) is 0 Å². The third-order valence-corrected chi connectivity index (χ3v) is 6.07. The minimum absolute atomic E-state index is 0.267. The first kappa shape index (κ1) is 32.7. The second kappa shape index (κ2) is 20.7. The fourth-order valence-electron chi connectivity index (χ4n) is 3.80. The highest BCUT2D eigenvalue weighted by Crippen LogP contribution is 2.22. The van der Waals surface area contributed by atoms with Crippen LogP contribution >= 0.6 is 0 Å². The van der Waals surface area contributed by atoms with Crippen molar-refractivity contribution in [3.8, 4) is 0 Å². The van der Waals surface area contributed by atoms with Crippen molar-refractivity contribution in [3.05, 3.63) is 24.3 Å². The molecule has 9 heteroatoms. The normalized spacial score (nSPS) is 25.6. The van der Waals surface area contributed by atoms with Gasteiger partial charge in [-0.3, -0.25) is 4.79 Å². The lowest BCUT2D eigenvalue weighted by atomic mass is 9.99. The highest BCUT2D eigenvalue weighted by Gasteiger charge is 2.44. The van der Waals surface area contributed by atoms with Crippen LogP contribution in [0.5, 0.6) is 0 Å². The molecule has 1 saturated heterocycles. The van der Waals surface area contributed by atoms with Crippen LogP contribution in [0.1, 0.15) is 84.0 Å². The van der Waals surface area contributed by atoms with Gasteiger partial charge in [-0.25, -0.2) is 0 Å². The summed E-state index contributed by atoms with van der Waals surface area (Å²) in [6.07, 6.45) is 13.2. The van der Waals surface area contributed by atoms with Gasteiger partial charge in [-0.05, 0) is 38.5 Å². The van der Waals surface area contributed by atoms with E-state index in [4.69, 9.17) is 19.3 Å². The smallest absolute Gasteiger partial charge is 0.305 e. The Kier molecular flexibility index (Phi) is 18.8. The third kappa shape index (κ3) is 14.4. The van der Waals surface area contributed by atoms with E-state index in [0.717, 1.165) is 44.9 Å². The molecule has 0 amide bonds. The molecule has 0 bridgehead atoms. The van der Waals surface area contributed by atoms with Crippen molar-refractivity contribution in [2.24, 2.45) is 0 Å². The molecule has 36 heavy (non-hydrogen) atoms. The molecule has 0 aromatic carbocycles. The Labute approximate surface area is 215 Å². The zero-order valence-electron chi connectivity index (χ0n) is 21.7. The Morgan fingerprint density at radius 3 is 2.17 bits per heavy atom. The molecule has 5 N–H and O–H groups in total. The van der Waals surface area contributed by atoms with Crippen LogP contribution in [0.15, 0.2) is 24.3 Å². The van der Waals surface area contributed by atoms with Crippen molar-refractivity contribution >= 4 is 5.97 Å². The van der Waals surface area contributed by atoms with E-state index in [0.29, 0.717) is 0 Å². The number of unbranched alkanes of at least 4 members (excludes halogenated alkanes) is 8. The zero-order chi connectivity index (χ0) is 26.6. The number of rotatable bonds is 20. The summed E-state index contributed by atoms with van der Waals surface area (Å²) in [5.74, 6) is -0.396. The van der Waals surface area contributed by atoms with Gasteiger partial charge < -0.3 is 39.7 Å². The summed E-state index contributed by atoms with van der Waals surface area (Å²) in [5.41, 5.74) is 0. The number of esters is 1. The topological polar surface area (TPSA) is 146 Å². The lowest BCUT2D eigenvalue weighted by Crippen LogP contribution is -2.59. The SMILES string of the molecule is CCCCC/C=C\C/C=C\CCCCCCCC(=O)OCC(O)CO[C@@H]1O[C@H](CO)[C@H](O)[C@H](O)[C@H]1O. The van der Waals surface area contributed by atoms with E-state index in [-0.39, 0.29) is 19.6 Å². The van der Waals surface area contributed by atoms with Gasteiger partial charge in [0.15, 0.2) is 6.29 Å². The number of hydrogen-bond donors (Lipinski definition) is 5. The first-order valence-corrected chi connectivity index (χ1v) is 13.5. The Bertz CT molecular complexity index is 608. The van der Waals surface area contributed by atoms with Crippen molar-refractivity contribution in [3.63, 3.8) is 0 Å². The molecule has 0 spiro atoms. The Hall–Kier alpha value is -1.33. The molecule has 1 rings (SSSR count). The van der Waals surface area contributed by atoms with Crippen molar-refractivity contribution in [1.29, 1.82) is 0 Å². The zero-order valence-corrected chi connectivity index (χ0v) is 21.7. The maximum atomic E-state index is 11.9. The third-order valence-electron chi connectivity index (χ3n) is 6.07. The van der Waals surface area contributed by atoms with E-state index >= 15 is 0 Å². The van der Waals surface area contributed by atoms with Gasteiger partial charge in [-0.1, -0.05) is 63.3 Å². The molecule has 0 radical (unpaired) electrons. The second-order valence-electron chi connectivity index (χ2n) is 9.35. The number of carbonyl (C=O) groups is 1. The van der Waals surface area contributed by atoms with Crippen molar-refractivity contribution in [1.82, 2.24) is 0 Å². The van der Waals surface area contributed by atoms with E-state index in [1.165, 1.54) is 25.7 Å². The van der Waals surface area contributed by atoms with Crippen LogP contribution in [-0.4, -0.2) is 88.1 Å². The Morgan fingerprint density at radius 1 is 0.861 bits per heavy atom. The molecule has 1 aliphatic heterocycles. The lowest BCUT2D eigenvalue weighted by molar-refractivity contribution is -0.305. The summed E-state index contributed by atoms with van der Waals surface area (Å²) in [6.45, 7) is 1.06. The van der Waals surface area contributed by atoms with E-state index in [1.807, 2.05) is 0 Å². The number of hydrogen-bond acceptors (Lipinski definition) is 9. The van der Waals surface area contributed by atoms with Gasteiger partial charge in [0, 0.05) is 6.42 Å². The van der Waals surface area contributed by atoms with Crippen LogP contribution in [0, 0.1) is 0 Å². The summed E-state index contributed by atoms with van der Waals surface area (Å²) >= 11 is 0. The van der Waals surface area contributed by atoms with Gasteiger partial charge in [0.25, 0.3) is 0 Å². The monoisotopic (exact) mass is 516 g/mol. The molecule has 0 aromatic rings. The number of carbonyl (C=O) groups excluding carboxylic acids is 1. The largest absolute Gasteiger partial charge is 0.463 e. The highest BCUT2D eigenvalue weighted by atomic mass is 16.7. The summed E-state index contributed by atoms with van der Waals surface area (Å²) in [6, 6.07) is 0. The van der Waals surface area contributed by atoms with Crippen molar-refractivity contribution in [2.75, 3.05) is 19.8 Å². The summed E-state index contributed by atoms with van der Waals surface area (Å²) in [7, 11) is 0. The van der Waals surface area contributed by atoms with Gasteiger partial charge in [0.2, 0.25) is 0 Å². The van der Waals surface area contributed by atoms with E-state index < -0.39 is 49.4 Å². The van der Waals surface area contributed by atoms with Gasteiger partial charge in [-0.2, -0.15) is 0 Å². The molecule has 1 unspecified atom stereocenters. The van der Waals surface area contributed by atoms with E-state index in [1.54, 1.807) is 0 Å². The molecular weight excluding hydrogens is 468 g/mol. The Balaban J connectivity index is 2.00. The number of ether oxygens (including phenoxy) is 3. The predicted octanol–water partition coefficient (Wildman–Crippen LogP) is 2.52. The number of aliphatic hydroxyl groups excluding tert-OH is 5. The van der Waals surface area contributed by atoms with Crippen molar-refractivity contribution < 1.29 is 44.5 Å². The van der Waals surface area contributed by atoms with Crippen LogP contribution in [0.4, 0.5) is 0 Å². The van der Waals surface area contributed by atoms with Crippen LogP contribution < -0.4 is 0 Å². The maximum absolute atomic E-state index is 11.9. The standard InChI is InChI=1S/C27H48O9/c1-2-3-4-5-6-7-8-9-10-11-12-13-14-15-16-17-23(30)34-19-21(29)20-35-27-26(33)25(32)24(31)22(18-28)36-27/h6-7,9-10,21-22,24-29,31-33H,2-5,8,11-20H2,1H3/b7-6-,10-9-/t21?,22-,24+,25+,26-,27-/m1/s1. The second-order valence-corrected chi connectivity index (χ2v) is 9.35. The molecule has 210 valence electrons. The first-order chi connectivity index (χ1) is 17.4. The van der Waals surface area contributed by atoms with Crippen molar-refractivity contribution in [2.45, 2.75) is 121 Å². The van der Waals surface area contributed by atoms with Crippen LogP contribution in [0.2, 0.25) is 0 Å². The minimum atomic E-state index is -1.56. The Morgan fingerprint density at radius 2 is 1.50 bits per heavy atom. The average Bonchev–Trinajstić information content (AvgIpc) is 2.88.